The molecule has 1 saturated carbocycles. The van der Waals surface area contributed by atoms with Gasteiger partial charge in [0, 0.05) is 18.5 Å². The Morgan fingerprint density at radius 3 is 2.74 bits per heavy atom. The maximum absolute atomic E-state index is 5.31. The monoisotopic (exact) mass is 321 g/mol. The van der Waals surface area contributed by atoms with Crippen molar-refractivity contribution in [3.8, 4) is 0 Å². The molecule has 2 atom stereocenters. The van der Waals surface area contributed by atoms with Crippen molar-refractivity contribution < 1.29 is 4.52 Å². The van der Waals surface area contributed by atoms with Crippen LogP contribution in [0, 0.1) is 5.92 Å². The van der Waals surface area contributed by atoms with Gasteiger partial charge < -0.3 is 15.2 Å². The molecule has 2 unspecified atom stereocenters. The molecule has 0 saturated heterocycles. The van der Waals surface area contributed by atoms with Gasteiger partial charge in [-0.25, -0.2) is 0 Å². The molecule has 0 bridgehead atoms. The predicted molar refractivity (Wildman–Crippen MR) is 92.4 cm³/mol. The zero-order chi connectivity index (χ0) is 16.9. The molecule has 0 aromatic carbocycles. The molecule has 1 aliphatic rings. The fourth-order valence-electron chi connectivity index (χ4n) is 2.97. The Bertz CT molecular complexity index is 517. The predicted octanol–water partition coefficient (Wildman–Crippen LogP) is 3.00. The van der Waals surface area contributed by atoms with Crippen LogP contribution >= 0.6 is 0 Å². The van der Waals surface area contributed by atoms with E-state index in [1.165, 1.54) is 32.1 Å². The van der Waals surface area contributed by atoms with E-state index in [0.717, 1.165) is 11.9 Å². The SMILES string of the molecule is CCC1CCCC(NC(=NC)NCc2noc(C(C)(C)C)n2)C1. The Morgan fingerprint density at radius 2 is 2.13 bits per heavy atom. The fourth-order valence-corrected chi connectivity index (χ4v) is 2.97. The van der Waals surface area contributed by atoms with Crippen LogP contribution in [0.3, 0.4) is 0 Å². The zero-order valence-electron chi connectivity index (χ0n) is 15.1. The molecular formula is C17H31N5O. The number of guanidine groups is 1. The van der Waals surface area contributed by atoms with Crippen molar-refractivity contribution in [2.75, 3.05) is 7.05 Å². The van der Waals surface area contributed by atoms with Gasteiger partial charge in [-0.15, -0.1) is 0 Å². The van der Waals surface area contributed by atoms with E-state index in [2.05, 4.69) is 53.5 Å². The van der Waals surface area contributed by atoms with Crippen molar-refractivity contribution in [3.63, 3.8) is 0 Å². The van der Waals surface area contributed by atoms with E-state index in [1.807, 2.05) is 0 Å². The van der Waals surface area contributed by atoms with Gasteiger partial charge in [0.1, 0.15) is 0 Å². The van der Waals surface area contributed by atoms with E-state index in [-0.39, 0.29) is 5.41 Å². The van der Waals surface area contributed by atoms with E-state index >= 15 is 0 Å². The van der Waals surface area contributed by atoms with Crippen LogP contribution in [0.4, 0.5) is 0 Å². The molecule has 130 valence electrons. The minimum atomic E-state index is -0.123. The highest BCUT2D eigenvalue weighted by atomic mass is 16.5. The lowest BCUT2D eigenvalue weighted by Crippen LogP contribution is -2.45. The number of nitrogens with zero attached hydrogens (tertiary/aromatic N) is 3. The first kappa shape index (κ1) is 17.8. The van der Waals surface area contributed by atoms with Crippen LogP contribution in [0.2, 0.25) is 0 Å². The van der Waals surface area contributed by atoms with Gasteiger partial charge in [0.05, 0.1) is 6.54 Å². The second-order valence-electron chi connectivity index (χ2n) is 7.47. The normalized spacial score (nSPS) is 22.9. The first-order chi connectivity index (χ1) is 10.9. The number of hydrogen-bond acceptors (Lipinski definition) is 4. The molecule has 2 N–H and O–H groups in total. The molecule has 1 aromatic heterocycles. The summed E-state index contributed by atoms with van der Waals surface area (Å²) in [5.74, 6) is 2.98. The van der Waals surface area contributed by atoms with Gasteiger partial charge in [-0.3, -0.25) is 4.99 Å². The Hall–Kier alpha value is -1.59. The van der Waals surface area contributed by atoms with Crippen molar-refractivity contribution >= 4 is 5.96 Å². The van der Waals surface area contributed by atoms with Gasteiger partial charge in [-0.2, -0.15) is 4.98 Å². The summed E-state index contributed by atoms with van der Waals surface area (Å²) in [6.45, 7) is 8.98. The van der Waals surface area contributed by atoms with Gasteiger partial charge in [0.25, 0.3) is 0 Å². The first-order valence-corrected chi connectivity index (χ1v) is 8.72. The second kappa shape index (κ2) is 7.79. The summed E-state index contributed by atoms with van der Waals surface area (Å²) in [5.41, 5.74) is -0.123. The zero-order valence-corrected chi connectivity index (χ0v) is 15.1. The molecule has 6 nitrogen and oxygen atoms in total. The van der Waals surface area contributed by atoms with E-state index < -0.39 is 0 Å². The Labute approximate surface area is 139 Å². The Balaban J connectivity index is 1.84. The molecule has 6 heteroatoms. The molecule has 0 spiro atoms. The summed E-state index contributed by atoms with van der Waals surface area (Å²) in [6.07, 6.45) is 6.37. The minimum Gasteiger partial charge on any atom is -0.354 e. The van der Waals surface area contributed by atoms with E-state index in [1.54, 1.807) is 7.05 Å². The molecule has 0 radical (unpaired) electrons. The molecular weight excluding hydrogens is 290 g/mol. The molecule has 1 fully saturated rings. The minimum absolute atomic E-state index is 0.123. The summed E-state index contributed by atoms with van der Waals surface area (Å²) in [7, 11) is 1.80. The van der Waals surface area contributed by atoms with Crippen molar-refractivity contribution in [2.45, 2.75) is 77.8 Å². The smallest absolute Gasteiger partial charge is 0.232 e. The highest BCUT2D eigenvalue weighted by Crippen LogP contribution is 2.26. The highest BCUT2D eigenvalue weighted by molar-refractivity contribution is 5.79. The fraction of sp³-hybridized carbons (Fsp3) is 0.824. The summed E-state index contributed by atoms with van der Waals surface area (Å²) >= 11 is 0. The average molecular weight is 321 g/mol. The lowest BCUT2D eigenvalue weighted by Gasteiger charge is -2.30. The Kier molecular flexibility index (Phi) is 6.02. The van der Waals surface area contributed by atoms with Gasteiger partial charge in [-0.1, -0.05) is 52.1 Å². The maximum atomic E-state index is 5.31. The first-order valence-electron chi connectivity index (χ1n) is 8.72. The van der Waals surface area contributed by atoms with E-state index in [9.17, 15) is 0 Å². The largest absolute Gasteiger partial charge is 0.354 e. The van der Waals surface area contributed by atoms with Gasteiger partial charge in [-0.05, 0) is 18.8 Å². The lowest BCUT2D eigenvalue weighted by molar-refractivity contribution is 0.298. The molecule has 1 aliphatic carbocycles. The Morgan fingerprint density at radius 1 is 1.35 bits per heavy atom. The standard InChI is InChI=1S/C17H31N5O/c1-6-12-8-7-9-13(10-12)20-16(18-5)19-11-14-21-15(23-22-14)17(2,3)4/h12-13H,6-11H2,1-5H3,(H2,18,19,20). The quantitative estimate of drug-likeness (QED) is 0.658. The second-order valence-corrected chi connectivity index (χ2v) is 7.47. The summed E-state index contributed by atoms with van der Waals surface area (Å²) in [6, 6.07) is 0.510. The van der Waals surface area contributed by atoms with Crippen LogP contribution in [-0.4, -0.2) is 29.2 Å². The third-order valence-corrected chi connectivity index (χ3v) is 4.45. The number of aliphatic imine (C=N–C) groups is 1. The molecule has 1 aromatic rings. The molecule has 2 rings (SSSR count). The van der Waals surface area contributed by atoms with Crippen LogP contribution in [0.5, 0.6) is 0 Å². The summed E-state index contributed by atoms with van der Waals surface area (Å²) in [4.78, 5) is 8.75. The van der Waals surface area contributed by atoms with Crippen LogP contribution in [0.1, 0.15) is 71.5 Å². The van der Waals surface area contributed by atoms with Crippen LogP contribution in [0.25, 0.3) is 0 Å². The maximum Gasteiger partial charge on any atom is 0.232 e. The van der Waals surface area contributed by atoms with Crippen LogP contribution < -0.4 is 10.6 Å². The third kappa shape index (κ3) is 5.22. The number of rotatable bonds is 4. The average Bonchev–Trinajstić information content (AvgIpc) is 3.00. The number of hydrogen-bond donors (Lipinski definition) is 2. The summed E-state index contributed by atoms with van der Waals surface area (Å²) < 4.78 is 5.31. The van der Waals surface area contributed by atoms with Gasteiger partial charge >= 0.3 is 0 Å². The topological polar surface area (TPSA) is 75.3 Å². The summed E-state index contributed by atoms with van der Waals surface area (Å²) in [5, 5.41) is 10.8. The molecule has 0 aliphatic heterocycles. The van der Waals surface area contributed by atoms with Gasteiger partial charge in [0.15, 0.2) is 11.8 Å². The van der Waals surface area contributed by atoms with Crippen LogP contribution in [0.15, 0.2) is 9.52 Å². The molecule has 1 heterocycles. The van der Waals surface area contributed by atoms with Gasteiger partial charge in [0.2, 0.25) is 5.89 Å². The molecule has 0 amide bonds. The number of nitrogens with one attached hydrogen (secondary N) is 2. The van der Waals surface area contributed by atoms with E-state index in [0.29, 0.717) is 24.3 Å². The van der Waals surface area contributed by atoms with Crippen molar-refractivity contribution in [1.82, 2.24) is 20.8 Å². The van der Waals surface area contributed by atoms with Crippen LogP contribution in [-0.2, 0) is 12.0 Å². The molecule has 23 heavy (non-hydrogen) atoms. The number of aromatic nitrogens is 2. The van der Waals surface area contributed by atoms with Crippen molar-refractivity contribution in [1.29, 1.82) is 0 Å². The third-order valence-electron chi connectivity index (χ3n) is 4.45. The highest BCUT2D eigenvalue weighted by Gasteiger charge is 2.23. The lowest BCUT2D eigenvalue weighted by atomic mass is 9.84. The van der Waals surface area contributed by atoms with E-state index in [4.69, 9.17) is 4.52 Å². The van der Waals surface area contributed by atoms with Crippen molar-refractivity contribution in [2.24, 2.45) is 10.9 Å². The van der Waals surface area contributed by atoms with Crippen molar-refractivity contribution in [3.05, 3.63) is 11.7 Å².